The monoisotopic (exact) mass is 356 g/mol. The third kappa shape index (κ3) is 4.69. The number of nitrogens with zero attached hydrogens (tertiary/aromatic N) is 1. The van der Waals surface area contributed by atoms with E-state index in [2.05, 4.69) is 26.1 Å². The summed E-state index contributed by atoms with van der Waals surface area (Å²) in [7, 11) is 1.57. The van der Waals surface area contributed by atoms with Crippen molar-refractivity contribution in [3.8, 4) is 5.75 Å². The zero-order valence-corrected chi connectivity index (χ0v) is 14.0. The molecule has 5 nitrogen and oxygen atoms in total. The molecule has 1 N–H and O–H groups in total. The predicted octanol–water partition coefficient (Wildman–Crippen LogP) is 1.91. The van der Waals surface area contributed by atoms with Gasteiger partial charge < -0.3 is 14.8 Å². The van der Waals surface area contributed by atoms with Crippen molar-refractivity contribution in [1.29, 1.82) is 0 Å². The number of carbonyl (C=O) groups is 1. The van der Waals surface area contributed by atoms with Crippen LogP contribution in [0.25, 0.3) is 0 Å². The Morgan fingerprint density at radius 3 is 2.86 bits per heavy atom. The highest BCUT2D eigenvalue weighted by Gasteiger charge is 2.18. The summed E-state index contributed by atoms with van der Waals surface area (Å²) >= 11 is 3.37. The van der Waals surface area contributed by atoms with Crippen molar-refractivity contribution < 1.29 is 14.3 Å². The van der Waals surface area contributed by atoms with Gasteiger partial charge in [0, 0.05) is 30.1 Å². The largest absolute Gasteiger partial charge is 0.496 e. The molecule has 1 saturated heterocycles. The average molecular weight is 357 g/mol. The summed E-state index contributed by atoms with van der Waals surface area (Å²) in [6.45, 7) is 6.21. The van der Waals surface area contributed by atoms with E-state index in [0.29, 0.717) is 11.3 Å². The first-order valence-corrected chi connectivity index (χ1v) is 7.84. The van der Waals surface area contributed by atoms with Gasteiger partial charge in [-0.2, -0.15) is 0 Å². The maximum atomic E-state index is 12.3. The van der Waals surface area contributed by atoms with Crippen LogP contribution in [-0.2, 0) is 4.74 Å². The molecule has 1 heterocycles. The number of carbonyl (C=O) groups excluding carboxylic acids is 1. The summed E-state index contributed by atoms with van der Waals surface area (Å²) in [5.74, 6) is 0.459. The number of rotatable bonds is 5. The molecule has 116 valence electrons. The van der Waals surface area contributed by atoms with Gasteiger partial charge in [-0.1, -0.05) is 15.9 Å². The lowest BCUT2D eigenvalue weighted by molar-refractivity contribution is 0.0342. The molecule has 1 aliphatic heterocycles. The van der Waals surface area contributed by atoms with E-state index in [1.54, 1.807) is 19.2 Å². The van der Waals surface area contributed by atoms with Gasteiger partial charge >= 0.3 is 0 Å². The highest BCUT2D eigenvalue weighted by molar-refractivity contribution is 9.10. The standard InChI is InChI=1S/C15H21BrN2O3/c1-11(10-18-5-7-21-8-6-18)17-15(19)13-4-3-12(16)9-14(13)20-2/h3-4,9,11H,5-8,10H2,1-2H3,(H,17,19). The van der Waals surface area contributed by atoms with E-state index < -0.39 is 0 Å². The first kappa shape index (κ1) is 16.3. The normalized spacial score (nSPS) is 17.3. The maximum absolute atomic E-state index is 12.3. The minimum atomic E-state index is -0.111. The summed E-state index contributed by atoms with van der Waals surface area (Å²) in [4.78, 5) is 14.6. The highest BCUT2D eigenvalue weighted by Crippen LogP contribution is 2.23. The molecule has 1 atom stereocenters. The van der Waals surface area contributed by atoms with Crippen LogP contribution in [0.5, 0.6) is 5.75 Å². The number of nitrogens with one attached hydrogen (secondary N) is 1. The van der Waals surface area contributed by atoms with Crippen molar-refractivity contribution in [2.45, 2.75) is 13.0 Å². The van der Waals surface area contributed by atoms with Gasteiger partial charge in [-0.15, -0.1) is 0 Å². The van der Waals surface area contributed by atoms with Gasteiger partial charge in [0.05, 0.1) is 25.9 Å². The Hall–Kier alpha value is -1.11. The summed E-state index contributed by atoms with van der Waals surface area (Å²) in [6, 6.07) is 5.47. The van der Waals surface area contributed by atoms with E-state index >= 15 is 0 Å². The third-order valence-corrected chi connectivity index (χ3v) is 3.91. The molecule has 2 rings (SSSR count). The van der Waals surface area contributed by atoms with Crippen molar-refractivity contribution in [2.24, 2.45) is 0 Å². The van der Waals surface area contributed by atoms with Crippen LogP contribution in [0.4, 0.5) is 0 Å². The summed E-state index contributed by atoms with van der Waals surface area (Å²) < 4.78 is 11.5. The van der Waals surface area contributed by atoms with E-state index in [9.17, 15) is 4.79 Å². The molecule has 0 spiro atoms. The number of ether oxygens (including phenoxy) is 2. The zero-order valence-electron chi connectivity index (χ0n) is 12.4. The minimum Gasteiger partial charge on any atom is -0.496 e. The van der Waals surface area contributed by atoms with Crippen LogP contribution in [0.15, 0.2) is 22.7 Å². The van der Waals surface area contributed by atoms with Crippen LogP contribution in [0.3, 0.4) is 0 Å². The average Bonchev–Trinajstić information content (AvgIpc) is 2.47. The fourth-order valence-corrected chi connectivity index (χ4v) is 2.71. The SMILES string of the molecule is COc1cc(Br)ccc1C(=O)NC(C)CN1CCOCC1. The molecule has 1 fully saturated rings. The fraction of sp³-hybridized carbons (Fsp3) is 0.533. The Labute approximate surface area is 133 Å². The molecular weight excluding hydrogens is 336 g/mol. The lowest BCUT2D eigenvalue weighted by atomic mass is 10.1. The van der Waals surface area contributed by atoms with E-state index in [4.69, 9.17) is 9.47 Å². The Balaban J connectivity index is 1.94. The fourth-order valence-electron chi connectivity index (χ4n) is 2.37. The van der Waals surface area contributed by atoms with Crippen molar-refractivity contribution in [1.82, 2.24) is 10.2 Å². The predicted molar refractivity (Wildman–Crippen MR) is 84.9 cm³/mol. The molecular formula is C15H21BrN2O3. The zero-order chi connectivity index (χ0) is 15.2. The van der Waals surface area contributed by atoms with Crippen LogP contribution in [0.1, 0.15) is 17.3 Å². The van der Waals surface area contributed by atoms with Crippen LogP contribution in [0.2, 0.25) is 0 Å². The second-order valence-corrected chi connectivity index (χ2v) is 6.05. The van der Waals surface area contributed by atoms with Crippen LogP contribution < -0.4 is 10.1 Å². The summed E-state index contributed by atoms with van der Waals surface area (Å²) in [6.07, 6.45) is 0. The Morgan fingerprint density at radius 2 is 2.19 bits per heavy atom. The van der Waals surface area contributed by atoms with Crippen molar-refractivity contribution in [3.05, 3.63) is 28.2 Å². The molecule has 0 radical (unpaired) electrons. The lowest BCUT2D eigenvalue weighted by Crippen LogP contribution is -2.46. The Morgan fingerprint density at radius 1 is 1.48 bits per heavy atom. The molecule has 1 aromatic carbocycles. The number of hydrogen-bond donors (Lipinski definition) is 1. The molecule has 1 unspecified atom stereocenters. The molecule has 1 aliphatic rings. The van der Waals surface area contributed by atoms with Crippen LogP contribution in [-0.4, -0.2) is 56.8 Å². The summed E-state index contributed by atoms with van der Waals surface area (Å²) in [5.41, 5.74) is 0.550. The third-order valence-electron chi connectivity index (χ3n) is 3.42. The minimum absolute atomic E-state index is 0.0731. The highest BCUT2D eigenvalue weighted by atomic mass is 79.9. The Kier molecular flexibility index (Phi) is 6.02. The molecule has 6 heteroatoms. The van der Waals surface area contributed by atoms with E-state index in [1.807, 2.05) is 13.0 Å². The molecule has 1 amide bonds. The summed E-state index contributed by atoms with van der Waals surface area (Å²) in [5, 5.41) is 3.02. The van der Waals surface area contributed by atoms with Crippen molar-refractivity contribution in [3.63, 3.8) is 0 Å². The van der Waals surface area contributed by atoms with Gasteiger partial charge in [-0.3, -0.25) is 9.69 Å². The molecule has 0 aromatic heterocycles. The smallest absolute Gasteiger partial charge is 0.255 e. The second kappa shape index (κ2) is 7.77. The maximum Gasteiger partial charge on any atom is 0.255 e. The van der Waals surface area contributed by atoms with Gasteiger partial charge in [-0.05, 0) is 25.1 Å². The van der Waals surface area contributed by atoms with E-state index in [1.165, 1.54) is 0 Å². The van der Waals surface area contributed by atoms with Gasteiger partial charge in [0.2, 0.25) is 0 Å². The van der Waals surface area contributed by atoms with E-state index in [-0.39, 0.29) is 11.9 Å². The first-order valence-electron chi connectivity index (χ1n) is 7.04. The van der Waals surface area contributed by atoms with Crippen molar-refractivity contribution in [2.75, 3.05) is 40.0 Å². The van der Waals surface area contributed by atoms with Gasteiger partial charge in [-0.25, -0.2) is 0 Å². The topological polar surface area (TPSA) is 50.8 Å². The van der Waals surface area contributed by atoms with E-state index in [0.717, 1.165) is 37.3 Å². The molecule has 0 bridgehead atoms. The van der Waals surface area contributed by atoms with Gasteiger partial charge in [0.1, 0.15) is 5.75 Å². The van der Waals surface area contributed by atoms with Crippen LogP contribution >= 0.6 is 15.9 Å². The van der Waals surface area contributed by atoms with Gasteiger partial charge in [0.15, 0.2) is 0 Å². The van der Waals surface area contributed by atoms with Crippen LogP contribution in [0, 0.1) is 0 Å². The number of amides is 1. The molecule has 0 aliphatic carbocycles. The van der Waals surface area contributed by atoms with Gasteiger partial charge in [0.25, 0.3) is 5.91 Å². The van der Waals surface area contributed by atoms with Crippen molar-refractivity contribution >= 4 is 21.8 Å². The number of halogens is 1. The number of hydrogen-bond acceptors (Lipinski definition) is 4. The quantitative estimate of drug-likeness (QED) is 0.875. The molecule has 21 heavy (non-hydrogen) atoms. The number of benzene rings is 1. The second-order valence-electron chi connectivity index (χ2n) is 5.13. The lowest BCUT2D eigenvalue weighted by Gasteiger charge is -2.29. The molecule has 1 aromatic rings. The number of morpholine rings is 1. The number of methoxy groups -OCH3 is 1. The molecule has 0 saturated carbocycles. The first-order chi connectivity index (χ1) is 10.1. The Bertz CT molecular complexity index is 490.